The van der Waals surface area contributed by atoms with Gasteiger partial charge in [0.1, 0.15) is 6.54 Å². The standard InChI is InChI=1S/C18H19N3/c1-15(2)20-14-18(17-11-7-4-8-12-17)21(19-20)13-16-9-5-3-6-10-16/h3-12,15H,13H2,1-2H3. The van der Waals surface area contributed by atoms with Gasteiger partial charge in [0, 0.05) is 11.9 Å². The van der Waals surface area contributed by atoms with E-state index >= 15 is 0 Å². The molecule has 3 aromatic rings. The van der Waals surface area contributed by atoms with Crippen LogP contribution in [0.4, 0.5) is 0 Å². The smallest absolute Gasteiger partial charge is 0.135 e. The second-order valence-electron chi connectivity index (χ2n) is 5.40. The number of rotatable bonds is 4. The van der Waals surface area contributed by atoms with E-state index in [1.807, 2.05) is 33.6 Å². The van der Waals surface area contributed by atoms with E-state index in [-0.39, 0.29) is 0 Å². The molecule has 0 bridgehead atoms. The summed E-state index contributed by atoms with van der Waals surface area (Å²) in [6.07, 6.45) is 3.39. The molecule has 106 valence electrons. The topological polar surface area (TPSA) is 21.7 Å². The fraction of sp³-hybridized carbons (Fsp3) is 0.222. The fourth-order valence-corrected chi connectivity index (χ4v) is 2.26. The van der Waals surface area contributed by atoms with E-state index in [0.717, 1.165) is 17.8 Å². The van der Waals surface area contributed by atoms with Gasteiger partial charge in [-0.15, -0.1) is 17.7 Å². The first-order valence-electron chi connectivity index (χ1n) is 7.25. The molecule has 0 aliphatic rings. The van der Waals surface area contributed by atoms with E-state index in [1.165, 1.54) is 5.56 Å². The van der Waals surface area contributed by atoms with E-state index < -0.39 is 0 Å². The van der Waals surface area contributed by atoms with Crippen LogP contribution in [0, 0.1) is 6.20 Å². The molecule has 0 amide bonds. The van der Waals surface area contributed by atoms with E-state index in [0.29, 0.717) is 6.04 Å². The van der Waals surface area contributed by atoms with Crippen LogP contribution in [0.1, 0.15) is 25.5 Å². The van der Waals surface area contributed by atoms with Gasteiger partial charge < -0.3 is 0 Å². The van der Waals surface area contributed by atoms with Gasteiger partial charge in [0.05, 0.1) is 11.3 Å². The third kappa shape index (κ3) is 3.02. The lowest BCUT2D eigenvalue weighted by atomic mass is 10.1. The molecular weight excluding hydrogens is 258 g/mol. The van der Waals surface area contributed by atoms with Gasteiger partial charge in [-0.1, -0.05) is 48.5 Å². The van der Waals surface area contributed by atoms with Gasteiger partial charge in [0.15, 0.2) is 0 Å². The van der Waals surface area contributed by atoms with Crippen LogP contribution in [0.25, 0.3) is 11.3 Å². The molecule has 0 aliphatic carbocycles. The molecule has 0 N–H and O–H groups in total. The number of benzene rings is 2. The Morgan fingerprint density at radius 3 is 2.24 bits per heavy atom. The minimum atomic E-state index is 0.296. The van der Waals surface area contributed by atoms with E-state index in [2.05, 4.69) is 61.7 Å². The van der Waals surface area contributed by atoms with E-state index in [1.54, 1.807) is 0 Å². The third-order valence-electron chi connectivity index (χ3n) is 3.39. The highest BCUT2D eigenvalue weighted by Crippen LogP contribution is 2.18. The Kier molecular flexibility index (Phi) is 3.82. The van der Waals surface area contributed by atoms with Crippen LogP contribution in [0.5, 0.6) is 0 Å². The summed E-state index contributed by atoms with van der Waals surface area (Å²) in [5.41, 5.74) is 3.40. The van der Waals surface area contributed by atoms with Crippen molar-refractivity contribution in [3.63, 3.8) is 0 Å². The predicted molar refractivity (Wildman–Crippen MR) is 82.6 cm³/mol. The molecule has 1 heterocycles. The molecule has 0 radical (unpaired) electrons. The fourth-order valence-electron chi connectivity index (χ4n) is 2.26. The predicted octanol–water partition coefficient (Wildman–Crippen LogP) is 3.27. The Balaban J connectivity index is 2.02. The van der Waals surface area contributed by atoms with Gasteiger partial charge in [0.25, 0.3) is 0 Å². The molecule has 0 aliphatic heterocycles. The molecule has 2 aromatic carbocycles. The Morgan fingerprint density at radius 2 is 1.62 bits per heavy atom. The highest BCUT2D eigenvalue weighted by Gasteiger charge is 2.12. The lowest BCUT2D eigenvalue weighted by Crippen LogP contribution is -2.38. The molecule has 0 saturated carbocycles. The summed E-state index contributed by atoms with van der Waals surface area (Å²) in [6.45, 7) is 4.98. The van der Waals surface area contributed by atoms with Gasteiger partial charge in [0.2, 0.25) is 0 Å². The summed E-state index contributed by atoms with van der Waals surface area (Å²) in [4.78, 5) is 0. The van der Waals surface area contributed by atoms with E-state index in [4.69, 9.17) is 0 Å². The van der Waals surface area contributed by atoms with Gasteiger partial charge in [-0.05, 0) is 19.4 Å². The monoisotopic (exact) mass is 277 g/mol. The average molecular weight is 277 g/mol. The minimum absolute atomic E-state index is 0.296. The Labute approximate surface area is 125 Å². The Morgan fingerprint density at radius 1 is 1.00 bits per heavy atom. The van der Waals surface area contributed by atoms with Crippen molar-refractivity contribution in [2.75, 3.05) is 0 Å². The number of hydrogen-bond donors (Lipinski definition) is 0. The second-order valence-corrected chi connectivity index (χ2v) is 5.40. The first kappa shape index (κ1) is 13.6. The molecule has 0 spiro atoms. The maximum Gasteiger partial charge on any atom is 0.135 e. The van der Waals surface area contributed by atoms with Crippen molar-refractivity contribution in [1.29, 1.82) is 0 Å². The van der Waals surface area contributed by atoms with Crippen molar-refractivity contribution >= 4 is 0 Å². The normalized spacial score (nSPS) is 11.0. The van der Waals surface area contributed by atoms with Crippen molar-refractivity contribution in [3.05, 3.63) is 72.4 Å². The maximum absolute atomic E-state index is 4.66. The molecule has 3 heteroatoms. The van der Waals surface area contributed by atoms with E-state index in [9.17, 15) is 0 Å². The maximum atomic E-state index is 4.66. The molecule has 21 heavy (non-hydrogen) atoms. The van der Waals surface area contributed by atoms with Crippen LogP contribution in [0.2, 0.25) is 0 Å². The Bertz CT molecular complexity index is 700. The van der Waals surface area contributed by atoms with Crippen molar-refractivity contribution in [2.45, 2.75) is 26.4 Å². The highest BCUT2D eigenvalue weighted by atomic mass is 15.5. The second kappa shape index (κ2) is 5.92. The third-order valence-corrected chi connectivity index (χ3v) is 3.39. The minimum Gasteiger partial charge on any atom is -0.220 e. The van der Waals surface area contributed by atoms with Crippen molar-refractivity contribution in [1.82, 2.24) is 9.90 Å². The first-order chi connectivity index (χ1) is 10.2. The molecule has 0 unspecified atom stereocenters. The summed E-state index contributed by atoms with van der Waals surface area (Å²) in [7, 11) is 0. The molecule has 3 rings (SSSR count). The van der Waals surface area contributed by atoms with Crippen LogP contribution < -0.4 is 4.68 Å². The van der Waals surface area contributed by atoms with Gasteiger partial charge >= 0.3 is 0 Å². The van der Waals surface area contributed by atoms with Crippen molar-refractivity contribution in [3.8, 4) is 11.3 Å². The summed E-state index contributed by atoms with van der Waals surface area (Å²) in [5.74, 6) is 0. The average Bonchev–Trinajstić information content (AvgIpc) is 2.93. The molecule has 0 fully saturated rings. The summed E-state index contributed by atoms with van der Waals surface area (Å²) >= 11 is 0. The van der Waals surface area contributed by atoms with Gasteiger partial charge in [-0.2, -0.15) is 4.68 Å². The lowest BCUT2D eigenvalue weighted by molar-refractivity contribution is -0.776. The number of aromatic nitrogens is 3. The van der Waals surface area contributed by atoms with Crippen LogP contribution in [0.3, 0.4) is 0 Å². The molecular formula is C18H19N3. The van der Waals surface area contributed by atoms with Crippen molar-refractivity contribution in [2.24, 2.45) is 0 Å². The van der Waals surface area contributed by atoms with Gasteiger partial charge in [-0.3, -0.25) is 0 Å². The number of hydrogen-bond acceptors (Lipinski definition) is 1. The molecule has 0 atom stereocenters. The zero-order valence-electron chi connectivity index (χ0n) is 12.4. The van der Waals surface area contributed by atoms with Crippen LogP contribution >= 0.6 is 0 Å². The Hall–Kier alpha value is -2.42. The molecule has 3 nitrogen and oxygen atoms in total. The van der Waals surface area contributed by atoms with Crippen LogP contribution in [-0.2, 0) is 6.54 Å². The van der Waals surface area contributed by atoms with Crippen LogP contribution in [-0.4, -0.2) is 9.90 Å². The number of nitrogens with zero attached hydrogens (tertiary/aromatic N) is 3. The highest BCUT2D eigenvalue weighted by molar-refractivity contribution is 5.56. The zero-order chi connectivity index (χ0) is 14.7. The summed E-state index contributed by atoms with van der Waals surface area (Å²) in [5, 5.41) is 4.66. The SMILES string of the molecule is CC(C)[n+]1[c-]c(-c2ccccc2)n(Cc2ccccc2)n1. The summed E-state index contributed by atoms with van der Waals surface area (Å²) < 4.78 is 3.91. The quantitative estimate of drug-likeness (QED) is 0.530. The molecule has 0 saturated heterocycles. The first-order valence-corrected chi connectivity index (χ1v) is 7.25. The zero-order valence-corrected chi connectivity index (χ0v) is 12.4. The van der Waals surface area contributed by atoms with Crippen molar-refractivity contribution < 1.29 is 4.68 Å². The lowest BCUT2D eigenvalue weighted by Gasteiger charge is -2.06. The summed E-state index contributed by atoms with van der Waals surface area (Å²) in [6, 6.07) is 21.0. The van der Waals surface area contributed by atoms with Gasteiger partial charge in [-0.25, -0.2) is 4.68 Å². The molecule has 1 aromatic heterocycles. The largest absolute Gasteiger partial charge is 0.220 e. The van der Waals surface area contributed by atoms with Crippen LogP contribution in [0.15, 0.2) is 60.7 Å².